The predicted molar refractivity (Wildman–Crippen MR) is 59.7 cm³/mol. The minimum Gasteiger partial charge on any atom is -0.468 e. The van der Waals surface area contributed by atoms with Crippen LogP contribution in [0, 0.1) is 0 Å². The smallest absolute Gasteiger partial charge is 0.115 e. The minimum atomic E-state index is 0.804. The molecular formula is C11H12N2OS. The number of thioether (sulfide) groups is 1. The largest absolute Gasteiger partial charge is 0.468 e. The van der Waals surface area contributed by atoms with E-state index in [0.29, 0.717) is 0 Å². The molecule has 2 aromatic rings. The van der Waals surface area contributed by atoms with Gasteiger partial charge in [0.15, 0.2) is 0 Å². The molecule has 0 saturated carbocycles. The van der Waals surface area contributed by atoms with Crippen LogP contribution in [0.2, 0.25) is 0 Å². The van der Waals surface area contributed by atoms with Crippen LogP contribution in [0.15, 0.2) is 40.4 Å². The number of aryl methyl sites for hydroxylation is 1. The average Bonchev–Trinajstić information content (AvgIpc) is 2.76. The van der Waals surface area contributed by atoms with Gasteiger partial charge in [-0.3, -0.25) is 4.98 Å². The molecular weight excluding hydrogens is 208 g/mol. The molecule has 78 valence electrons. The van der Waals surface area contributed by atoms with Crippen LogP contribution in [-0.4, -0.2) is 9.97 Å². The molecule has 0 aliphatic rings. The number of rotatable bonds is 4. The van der Waals surface area contributed by atoms with Crippen LogP contribution in [0.4, 0.5) is 0 Å². The molecule has 2 aromatic heterocycles. The highest BCUT2D eigenvalue weighted by molar-refractivity contribution is 7.98. The van der Waals surface area contributed by atoms with Gasteiger partial charge in [-0.25, -0.2) is 4.98 Å². The van der Waals surface area contributed by atoms with Gasteiger partial charge in [0, 0.05) is 12.4 Å². The lowest BCUT2D eigenvalue weighted by molar-refractivity contribution is 0.528. The summed E-state index contributed by atoms with van der Waals surface area (Å²) >= 11 is 1.63. The van der Waals surface area contributed by atoms with Crippen molar-refractivity contribution in [1.29, 1.82) is 0 Å². The lowest BCUT2D eigenvalue weighted by atomic mass is 10.2. The maximum atomic E-state index is 5.41. The van der Waals surface area contributed by atoms with E-state index in [2.05, 4.69) is 23.0 Å². The molecule has 0 aliphatic heterocycles. The molecule has 0 saturated heterocycles. The Morgan fingerprint density at radius 3 is 3.00 bits per heavy atom. The van der Waals surface area contributed by atoms with Gasteiger partial charge in [0.1, 0.15) is 10.8 Å². The molecule has 0 unspecified atom stereocenters. The Labute approximate surface area is 92.9 Å². The van der Waals surface area contributed by atoms with Crippen molar-refractivity contribution >= 4 is 11.8 Å². The first-order valence-electron chi connectivity index (χ1n) is 4.83. The quantitative estimate of drug-likeness (QED) is 0.743. The third-order valence-electron chi connectivity index (χ3n) is 2.02. The van der Waals surface area contributed by atoms with Crippen molar-refractivity contribution < 1.29 is 4.42 Å². The number of hydrogen-bond acceptors (Lipinski definition) is 4. The summed E-state index contributed by atoms with van der Waals surface area (Å²) in [6.45, 7) is 2.12. The Morgan fingerprint density at radius 2 is 2.33 bits per heavy atom. The highest BCUT2D eigenvalue weighted by Gasteiger charge is 2.02. The zero-order valence-electron chi connectivity index (χ0n) is 8.51. The van der Waals surface area contributed by atoms with E-state index >= 15 is 0 Å². The van der Waals surface area contributed by atoms with Gasteiger partial charge in [0.05, 0.1) is 18.2 Å². The summed E-state index contributed by atoms with van der Waals surface area (Å²) in [5, 5.41) is 0.923. The van der Waals surface area contributed by atoms with Crippen LogP contribution >= 0.6 is 11.8 Å². The second-order valence-electron chi connectivity index (χ2n) is 3.11. The molecule has 0 bridgehead atoms. The van der Waals surface area contributed by atoms with Gasteiger partial charge in [-0.1, -0.05) is 18.7 Å². The first-order chi connectivity index (χ1) is 7.38. The number of furan rings is 1. The highest BCUT2D eigenvalue weighted by atomic mass is 32.2. The summed E-state index contributed by atoms with van der Waals surface area (Å²) in [6.07, 6.45) is 7.95. The maximum Gasteiger partial charge on any atom is 0.115 e. The van der Waals surface area contributed by atoms with Gasteiger partial charge in [0.25, 0.3) is 0 Å². The summed E-state index contributed by atoms with van der Waals surface area (Å²) in [5.74, 6) is 1.79. The highest BCUT2D eigenvalue weighted by Crippen LogP contribution is 2.21. The Balaban J connectivity index is 1.93. The molecule has 2 rings (SSSR count). The minimum absolute atomic E-state index is 0.804. The Kier molecular flexibility index (Phi) is 3.40. The molecule has 0 radical (unpaired) electrons. The van der Waals surface area contributed by atoms with Crippen LogP contribution in [0.5, 0.6) is 0 Å². The van der Waals surface area contributed by atoms with E-state index in [1.54, 1.807) is 30.4 Å². The van der Waals surface area contributed by atoms with Crippen molar-refractivity contribution in [2.24, 2.45) is 0 Å². The van der Waals surface area contributed by atoms with Crippen molar-refractivity contribution in [2.75, 3.05) is 0 Å². The van der Waals surface area contributed by atoms with Crippen LogP contribution in [-0.2, 0) is 12.2 Å². The second kappa shape index (κ2) is 4.98. The number of nitrogens with zero attached hydrogens (tertiary/aromatic N) is 2. The summed E-state index contributed by atoms with van der Waals surface area (Å²) < 4.78 is 5.41. The predicted octanol–water partition coefficient (Wildman–Crippen LogP) is 2.92. The van der Waals surface area contributed by atoms with Gasteiger partial charge in [0.2, 0.25) is 0 Å². The first-order valence-corrected chi connectivity index (χ1v) is 5.82. The van der Waals surface area contributed by atoms with E-state index in [-0.39, 0.29) is 0 Å². The van der Waals surface area contributed by atoms with Crippen molar-refractivity contribution in [3.8, 4) is 0 Å². The van der Waals surface area contributed by atoms with Crippen LogP contribution < -0.4 is 0 Å². The Morgan fingerprint density at radius 1 is 1.40 bits per heavy atom. The third-order valence-corrected chi connectivity index (χ3v) is 2.95. The van der Waals surface area contributed by atoms with Crippen LogP contribution in [0.25, 0.3) is 0 Å². The lowest BCUT2D eigenvalue weighted by Gasteiger charge is -1.95. The zero-order valence-corrected chi connectivity index (χ0v) is 9.33. The van der Waals surface area contributed by atoms with Crippen molar-refractivity contribution in [2.45, 2.75) is 24.1 Å². The van der Waals surface area contributed by atoms with Gasteiger partial charge in [-0.2, -0.15) is 0 Å². The summed E-state index contributed by atoms with van der Waals surface area (Å²) in [5.41, 5.74) is 1.24. The number of aromatic nitrogens is 2. The molecule has 0 spiro atoms. The maximum absolute atomic E-state index is 5.41. The fourth-order valence-electron chi connectivity index (χ4n) is 1.19. The topological polar surface area (TPSA) is 38.9 Å². The summed E-state index contributed by atoms with van der Waals surface area (Å²) in [7, 11) is 0. The lowest BCUT2D eigenvalue weighted by Crippen LogP contribution is -1.81. The zero-order chi connectivity index (χ0) is 10.5. The van der Waals surface area contributed by atoms with E-state index < -0.39 is 0 Å². The molecule has 0 fully saturated rings. The molecule has 2 heterocycles. The van der Waals surface area contributed by atoms with E-state index in [1.807, 2.05) is 6.26 Å². The fourth-order valence-corrected chi connectivity index (χ4v) is 1.90. The van der Waals surface area contributed by atoms with E-state index in [4.69, 9.17) is 4.42 Å². The number of hydrogen-bond donors (Lipinski definition) is 0. The Bertz CT molecular complexity index is 414. The Hall–Kier alpha value is -1.29. The van der Waals surface area contributed by atoms with E-state index in [9.17, 15) is 0 Å². The normalized spacial score (nSPS) is 10.5. The molecule has 15 heavy (non-hydrogen) atoms. The van der Waals surface area contributed by atoms with Crippen molar-refractivity contribution in [3.63, 3.8) is 0 Å². The van der Waals surface area contributed by atoms with Crippen LogP contribution in [0.1, 0.15) is 18.2 Å². The van der Waals surface area contributed by atoms with Gasteiger partial charge < -0.3 is 4.42 Å². The molecule has 4 heteroatoms. The second-order valence-corrected chi connectivity index (χ2v) is 4.10. The van der Waals surface area contributed by atoms with Crippen molar-refractivity contribution in [1.82, 2.24) is 9.97 Å². The monoisotopic (exact) mass is 220 g/mol. The average molecular weight is 220 g/mol. The van der Waals surface area contributed by atoms with E-state index in [0.717, 1.165) is 23.0 Å². The van der Waals surface area contributed by atoms with Crippen LogP contribution in [0.3, 0.4) is 0 Å². The van der Waals surface area contributed by atoms with E-state index in [1.165, 1.54) is 5.56 Å². The summed E-state index contributed by atoms with van der Waals surface area (Å²) in [4.78, 5) is 8.18. The van der Waals surface area contributed by atoms with Gasteiger partial charge in [-0.15, -0.1) is 0 Å². The molecule has 0 N–H and O–H groups in total. The SMILES string of the molecule is CCc1coc(CSc2cnccn2)c1. The third kappa shape index (κ3) is 2.83. The van der Waals surface area contributed by atoms with Crippen molar-refractivity contribution in [3.05, 3.63) is 42.2 Å². The first kappa shape index (κ1) is 10.2. The molecule has 0 aromatic carbocycles. The molecule has 0 atom stereocenters. The van der Waals surface area contributed by atoms with Gasteiger partial charge in [-0.05, 0) is 18.1 Å². The molecule has 0 aliphatic carbocycles. The standard InChI is InChI=1S/C11H12N2OS/c1-2-9-5-10(14-7-9)8-15-11-6-12-3-4-13-11/h3-7H,2,8H2,1H3. The fraction of sp³-hybridized carbons (Fsp3) is 0.273. The molecule has 3 nitrogen and oxygen atoms in total. The summed E-state index contributed by atoms with van der Waals surface area (Å²) in [6, 6.07) is 2.09. The molecule has 0 amide bonds. The van der Waals surface area contributed by atoms with Gasteiger partial charge >= 0.3 is 0 Å².